The van der Waals surface area contributed by atoms with Gasteiger partial charge in [0.2, 0.25) is 0 Å². The second-order valence-corrected chi connectivity index (χ2v) is 10.8. The third-order valence-electron chi connectivity index (χ3n) is 8.16. The lowest BCUT2D eigenvalue weighted by molar-refractivity contribution is 0.669. The van der Waals surface area contributed by atoms with E-state index in [1.54, 1.807) is 0 Å². The van der Waals surface area contributed by atoms with Crippen molar-refractivity contribution in [1.29, 1.82) is 0 Å². The van der Waals surface area contributed by atoms with Crippen molar-refractivity contribution >= 4 is 54.6 Å². The predicted molar refractivity (Wildman–Crippen MR) is 174 cm³/mol. The number of hydrogen-bond acceptors (Lipinski definition) is 5. The standard InChI is InChI=1S/C38H22N4O/c1-2-11-34-29(9-1)30-15-14-25(21-35(30)43-34)32-19-27(20-33(42-32)31-10-3-6-23-7-4-16-39-36(23)31)28-18-26-13-12-24-8-5-17-40-37(24)38(26)41-22-28/h1-22H. The first-order valence-corrected chi connectivity index (χ1v) is 14.2. The Hall–Kier alpha value is -5.94. The van der Waals surface area contributed by atoms with Gasteiger partial charge >= 0.3 is 0 Å². The van der Waals surface area contributed by atoms with Crippen LogP contribution in [0.4, 0.5) is 0 Å². The maximum Gasteiger partial charge on any atom is 0.136 e. The quantitative estimate of drug-likeness (QED) is 0.205. The van der Waals surface area contributed by atoms with E-state index in [2.05, 4.69) is 89.9 Å². The lowest BCUT2D eigenvalue weighted by atomic mass is 9.98. The maximum absolute atomic E-state index is 6.23. The highest BCUT2D eigenvalue weighted by Gasteiger charge is 2.15. The Morgan fingerprint density at radius 1 is 0.442 bits per heavy atom. The van der Waals surface area contributed by atoms with Crippen molar-refractivity contribution in [3.8, 4) is 33.6 Å². The van der Waals surface area contributed by atoms with Crippen molar-refractivity contribution in [2.45, 2.75) is 0 Å². The molecule has 200 valence electrons. The number of para-hydroxylation sites is 2. The van der Waals surface area contributed by atoms with Crippen LogP contribution in [-0.4, -0.2) is 19.9 Å². The highest BCUT2D eigenvalue weighted by atomic mass is 16.3. The molecule has 0 radical (unpaired) electrons. The van der Waals surface area contributed by atoms with Crippen LogP contribution >= 0.6 is 0 Å². The van der Waals surface area contributed by atoms with E-state index in [9.17, 15) is 0 Å². The van der Waals surface area contributed by atoms with Crippen molar-refractivity contribution in [1.82, 2.24) is 19.9 Å². The molecule has 9 aromatic rings. The van der Waals surface area contributed by atoms with E-state index in [0.717, 1.165) is 88.3 Å². The van der Waals surface area contributed by atoms with Crippen LogP contribution in [0.5, 0.6) is 0 Å². The summed E-state index contributed by atoms with van der Waals surface area (Å²) >= 11 is 0. The monoisotopic (exact) mass is 550 g/mol. The van der Waals surface area contributed by atoms with E-state index in [-0.39, 0.29) is 0 Å². The van der Waals surface area contributed by atoms with Crippen LogP contribution in [0.2, 0.25) is 0 Å². The molecule has 5 nitrogen and oxygen atoms in total. The van der Waals surface area contributed by atoms with Crippen LogP contribution < -0.4 is 0 Å². The number of fused-ring (bicyclic) bond motifs is 7. The van der Waals surface area contributed by atoms with Gasteiger partial charge in [-0.3, -0.25) is 15.0 Å². The highest BCUT2D eigenvalue weighted by Crippen LogP contribution is 2.36. The summed E-state index contributed by atoms with van der Waals surface area (Å²) in [6.07, 6.45) is 5.58. The lowest BCUT2D eigenvalue weighted by Crippen LogP contribution is -1.94. The van der Waals surface area contributed by atoms with Crippen molar-refractivity contribution in [2.75, 3.05) is 0 Å². The zero-order chi connectivity index (χ0) is 28.3. The molecule has 0 N–H and O–H groups in total. The summed E-state index contributed by atoms with van der Waals surface area (Å²) in [5, 5.41) is 5.39. The molecule has 5 aromatic heterocycles. The molecule has 0 unspecified atom stereocenters. The lowest BCUT2D eigenvalue weighted by Gasteiger charge is -2.12. The zero-order valence-electron chi connectivity index (χ0n) is 22.9. The molecule has 0 spiro atoms. The van der Waals surface area contributed by atoms with Crippen LogP contribution in [0.15, 0.2) is 138 Å². The molecular weight excluding hydrogens is 528 g/mol. The van der Waals surface area contributed by atoms with Gasteiger partial charge in [0.1, 0.15) is 11.2 Å². The highest BCUT2D eigenvalue weighted by molar-refractivity contribution is 6.06. The predicted octanol–water partition coefficient (Wildman–Crippen LogP) is 9.63. The first kappa shape index (κ1) is 23.7. The third kappa shape index (κ3) is 3.86. The maximum atomic E-state index is 6.23. The van der Waals surface area contributed by atoms with Crippen LogP contribution in [0.25, 0.3) is 88.3 Å². The van der Waals surface area contributed by atoms with Gasteiger partial charge in [0.25, 0.3) is 0 Å². The number of nitrogens with zero attached hydrogens (tertiary/aromatic N) is 4. The second kappa shape index (κ2) is 9.29. The SMILES string of the molecule is c1cnc2c(-c3cc(-c4cnc5c(ccc6cccnc65)c4)cc(-c4ccc5c(c4)oc4ccccc45)n3)cccc2c1. The molecule has 9 rings (SSSR count). The van der Waals surface area contributed by atoms with Gasteiger partial charge in [-0.25, -0.2) is 4.98 Å². The minimum absolute atomic E-state index is 0.839. The molecule has 0 saturated carbocycles. The summed E-state index contributed by atoms with van der Waals surface area (Å²) < 4.78 is 6.23. The van der Waals surface area contributed by atoms with Crippen LogP contribution in [0.3, 0.4) is 0 Å². The fourth-order valence-corrected chi connectivity index (χ4v) is 6.07. The van der Waals surface area contributed by atoms with Gasteiger partial charge in [0, 0.05) is 62.2 Å². The van der Waals surface area contributed by atoms with Gasteiger partial charge in [0.15, 0.2) is 0 Å². The Labute approximate surface area is 246 Å². The minimum atomic E-state index is 0.839. The fourth-order valence-electron chi connectivity index (χ4n) is 6.07. The summed E-state index contributed by atoms with van der Waals surface area (Å²) in [4.78, 5) is 19.4. The smallest absolute Gasteiger partial charge is 0.136 e. The summed E-state index contributed by atoms with van der Waals surface area (Å²) in [5.74, 6) is 0. The normalized spacial score (nSPS) is 11.7. The van der Waals surface area contributed by atoms with Gasteiger partial charge < -0.3 is 4.42 Å². The van der Waals surface area contributed by atoms with Gasteiger partial charge in [-0.2, -0.15) is 0 Å². The van der Waals surface area contributed by atoms with Gasteiger partial charge in [0.05, 0.1) is 27.9 Å². The molecule has 0 atom stereocenters. The van der Waals surface area contributed by atoms with Crippen molar-refractivity contribution in [3.05, 3.63) is 134 Å². The number of rotatable bonds is 3. The molecular formula is C38H22N4O. The molecule has 0 saturated heterocycles. The number of hydrogen-bond donors (Lipinski definition) is 0. The minimum Gasteiger partial charge on any atom is -0.456 e. The Balaban J connectivity index is 1.27. The largest absolute Gasteiger partial charge is 0.456 e. The molecule has 0 aliphatic rings. The Morgan fingerprint density at radius 2 is 1.19 bits per heavy atom. The van der Waals surface area contributed by atoms with Crippen LogP contribution in [0, 0.1) is 0 Å². The molecule has 0 bridgehead atoms. The topological polar surface area (TPSA) is 64.7 Å². The van der Waals surface area contributed by atoms with E-state index < -0.39 is 0 Å². The average Bonchev–Trinajstić information content (AvgIpc) is 3.45. The molecule has 43 heavy (non-hydrogen) atoms. The molecule has 0 amide bonds. The van der Waals surface area contributed by atoms with Crippen LogP contribution in [0.1, 0.15) is 0 Å². The number of pyridine rings is 4. The molecule has 0 aliphatic heterocycles. The van der Waals surface area contributed by atoms with Gasteiger partial charge in [-0.15, -0.1) is 0 Å². The Morgan fingerprint density at radius 3 is 2.12 bits per heavy atom. The number of aromatic nitrogens is 4. The van der Waals surface area contributed by atoms with Crippen molar-refractivity contribution in [2.24, 2.45) is 0 Å². The Kier molecular flexibility index (Phi) is 5.13. The van der Waals surface area contributed by atoms with E-state index in [1.165, 1.54) is 0 Å². The van der Waals surface area contributed by atoms with Gasteiger partial charge in [-0.1, -0.05) is 66.7 Å². The average molecular weight is 551 g/mol. The van der Waals surface area contributed by atoms with Crippen LogP contribution in [-0.2, 0) is 0 Å². The first-order chi connectivity index (χ1) is 21.3. The molecule has 4 aromatic carbocycles. The summed E-state index contributed by atoms with van der Waals surface area (Å²) in [6.45, 7) is 0. The molecule has 0 aliphatic carbocycles. The third-order valence-corrected chi connectivity index (χ3v) is 8.16. The van der Waals surface area contributed by atoms with E-state index >= 15 is 0 Å². The Bertz CT molecular complexity index is 2530. The molecule has 0 fully saturated rings. The summed E-state index contributed by atoms with van der Waals surface area (Å²) in [6, 6.07) is 39.4. The van der Waals surface area contributed by atoms with E-state index in [1.807, 2.05) is 48.9 Å². The zero-order valence-corrected chi connectivity index (χ0v) is 22.9. The molecule has 5 heteroatoms. The van der Waals surface area contributed by atoms with E-state index in [0.29, 0.717) is 0 Å². The van der Waals surface area contributed by atoms with Crippen molar-refractivity contribution < 1.29 is 4.42 Å². The summed E-state index contributed by atoms with van der Waals surface area (Å²) in [7, 11) is 0. The number of furan rings is 1. The van der Waals surface area contributed by atoms with E-state index in [4.69, 9.17) is 19.4 Å². The summed E-state index contributed by atoms with van der Waals surface area (Å²) in [5.41, 5.74) is 10.1. The fraction of sp³-hybridized carbons (Fsp3) is 0. The van der Waals surface area contributed by atoms with Gasteiger partial charge in [-0.05, 0) is 54.1 Å². The first-order valence-electron chi connectivity index (χ1n) is 14.2. The molecule has 5 heterocycles. The second-order valence-electron chi connectivity index (χ2n) is 10.8. The number of benzene rings is 4. The van der Waals surface area contributed by atoms with Crippen molar-refractivity contribution in [3.63, 3.8) is 0 Å².